The molecule has 0 bridgehead atoms. The minimum atomic E-state index is 0.00203. The van der Waals surface area contributed by atoms with Gasteiger partial charge in [-0.2, -0.15) is 0 Å². The van der Waals surface area contributed by atoms with Gasteiger partial charge >= 0.3 is 0 Å². The van der Waals surface area contributed by atoms with E-state index in [1.165, 1.54) is 31.2 Å². The molecule has 1 aliphatic carbocycles. The maximum absolute atomic E-state index is 11.9. The zero-order chi connectivity index (χ0) is 14.5. The minimum absolute atomic E-state index is 0.00203. The van der Waals surface area contributed by atoms with Gasteiger partial charge in [0.2, 0.25) is 0 Å². The summed E-state index contributed by atoms with van der Waals surface area (Å²) in [7, 11) is 0. The standard InChI is InChI=1S/C17H26N2O/c1-4-18-17(20)15-9-8-12(2)16(11-15)19-13(3)10-14-6-5-7-14/h8-9,11,13-14,19H,4-7,10H2,1-3H3,(H,18,20). The van der Waals surface area contributed by atoms with E-state index < -0.39 is 0 Å². The molecule has 0 radical (unpaired) electrons. The summed E-state index contributed by atoms with van der Waals surface area (Å²) < 4.78 is 0. The van der Waals surface area contributed by atoms with Gasteiger partial charge in [-0.15, -0.1) is 0 Å². The summed E-state index contributed by atoms with van der Waals surface area (Å²) in [5.74, 6) is 0.895. The van der Waals surface area contributed by atoms with Crippen molar-refractivity contribution in [1.29, 1.82) is 0 Å². The van der Waals surface area contributed by atoms with Crippen molar-refractivity contribution in [3.05, 3.63) is 29.3 Å². The minimum Gasteiger partial charge on any atom is -0.382 e. The third kappa shape index (κ3) is 3.75. The second-order valence-electron chi connectivity index (χ2n) is 5.97. The van der Waals surface area contributed by atoms with Crippen LogP contribution in [-0.2, 0) is 0 Å². The van der Waals surface area contributed by atoms with E-state index in [9.17, 15) is 4.79 Å². The van der Waals surface area contributed by atoms with Crippen LogP contribution in [0.1, 0.15) is 55.5 Å². The molecule has 110 valence electrons. The molecule has 1 atom stereocenters. The molecule has 1 unspecified atom stereocenters. The Morgan fingerprint density at radius 1 is 1.40 bits per heavy atom. The topological polar surface area (TPSA) is 41.1 Å². The Labute approximate surface area is 122 Å². The summed E-state index contributed by atoms with van der Waals surface area (Å²) in [6.45, 7) is 6.91. The molecule has 1 fully saturated rings. The third-order valence-corrected chi connectivity index (χ3v) is 4.15. The second-order valence-corrected chi connectivity index (χ2v) is 5.97. The molecule has 0 heterocycles. The predicted octanol–water partition coefficient (Wildman–Crippen LogP) is 3.74. The Bertz CT molecular complexity index is 466. The first-order chi connectivity index (χ1) is 9.60. The van der Waals surface area contributed by atoms with E-state index in [1.807, 2.05) is 25.1 Å². The molecule has 2 rings (SSSR count). The zero-order valence-corrected chi connectivity index (χ0v) is 12.8. The normalized spacial score (nSPS) is 16.4. The van der Waals surface area contributed by atoms with Gasteiger partial charge in [0.25, 0.3) is 5.91 Å². The number of hydrogen-bond acceptors (Lipinski definition) is 2. The predicted molar refractivity (Wildman–Crippen MR) is 84.2 cm³/mol. The van der Waals surface area contributed by atoms with Gasteiger partial charge in [-0.3, -0.25) is 4.79 Å². The van der Waals surface area contributed by atoms with Crippen molar-refractivity contribution in [1.82, 2.24) is 5.32 Å². The number of carbonyl (C=O) groups is 1. The van der Waals surface area contributed by atoms with Crippen LogP contribution in [0, 0.1) is 12.8 Å². The van der Waals surface area contributed by atoms with Crippen molar-refractivity contribution in [2.75, 3.05) is 11.9 Å². The SMILES string of the molecule is CCNC(=O)c1ccc(C)c(NC(C)CC2CCC2)c1. The van der Waals surface area contributed by atoms with Crippen molar-refractivity contribution >= 4 is 11.6 Å². The average Bonchev–Trinajstić information content (AvgIpc) is 2.37. The van der Waals surface area contributed by atoms with Gasteiger partial charge < -0.3 is 10.6 Å². The van der Waals surface area contributed by atoms with E-state index in [-0.39, 0.29) is 5.91 Å². The van der Waals surface area contributed by atoms with Gasteiger partial charge in [0.15, 0.2) is 0 Å². The third-order valence-electron chi connectivity index (χ3n) is 4.15. The van der Waals surface area contributed by atoms with Crippen LogP contribution in [0.5, 0.6) is 0 Å². The van der Waals surface area contributed by atoms with Crippen molar-refractivity contribution < 1.29 is 4.79 Å². The fraction of sp³-hybridized carbons (Fsp3) is 0.588. The fourth-order valence-electron chi connectivity index (χ4n) is 2.73. The summed E-state index contributed by atoms with van der Waals surface area (Å²) in [4.78, 5) is 11.9. The molecule has 20 heavy (non-hydrogen) atoms. The van der Waals surface area contributed by atoms with Gasteiger partial charge in [-0.05, 0) is 50.8 Å². The Balaban J connectivity index is 2.01. The molecule has 1 aromatic rings. The van der Waals surface area contributed by atoms with Crippen LogP contribution in [0.15, 0.2) is 18.2 Å². The van der Waals surface area contributed by atoms with Gasteiger partial charge in [-0.25, -0.2) is 0 Å². The molecule has 0 aromatic heterocycles. The molecule has 1 amide bonds. The van der Waals surface area contributed by atoms with Gasteiger partial charge in [0.05, 0.1) is 0 Å². The van der Waals surface area contributed by atoms with Crippen LogP contribution in [0.2, 0.25) is 0 Å². The molecule has 1 aromatic carbocycles. The maximum Gasteiger partial charge on any atom is 0.251 e. The first-order valence-corrected chi connectivity index (χ1v) is 7.75. The van der Waals surface area contributed by atoms with E-state index in [4.69, 9.17) is 0 Å². The highest BCUT2D eigenvalue weighted by molar-refractivity contribution is 5.95. The highest BCUT2D eigenvalue weighted by Crippen LogP contribution is 2.31. The van der Waals surface area contributed by atoms with Gasteiger partial charge in [0.1, 0.15) is 0 Å². The van der Waals surface area contributed by atoms with E-state index in [0.29, 0.717) is 12.6 Å². The van der Waals surface area contributed by atoms with Crippen LogP contribution >= 0.6 is 0 Å². The van der Waals surface area contributed by atoms with E-state index in [1.54, 1.807) is 0 Å². The molecule has 0 aliphatic heterocycles. The van der Waals surface area contributed by atoms with Crippen molar-refractivity contribution in [3.8, 4) is 0 Å². The highest BCUT2D eigenvalue weighted by atomic mass is 16.1. The lowest BCUT2D eigenvalue weighted by Gasteiger charge is -2.29. The van der Waals surface area contributed by atoms with Crippen LogP contribution in [0.3, 0.4) is 0 Å². The Kier molecular flexibility index (Phi) is 5.05. The lowest BCUT2D eigenvalue weighted by atomic mass is 9.81. The van der Waals surface area contributed by atoms with Crippen LogP contribution in [0.25, 0.3) is 0 Å². The smallest absolute Gasteiger partial charge is 0.251 e. The number of anilines is 1. The quantitative estimate of drug-likeness (QED) is 0.829. The Morgan fingerprint density at radius 3 is 2.75 bits per heavy atom. The Morgan fingerprint density at radius 2 is 2.15 bits per heavy atom. The molecule has 3 nitrogen and oxygen atoms in total. The van der Waals surface area contributed by atoms with Crippen molar-refractivity contribution in [2.45, 2.75) is 52.5 Å². The lowest BCUT2D eigenvalue weighted by Crippen LogP contribution is -2.25. The first-order valence-electron chi connectivity index (χ1n) is 7.75. The summed E-state index contributed by atoms with van der Waals surface area (Å²) in [6.07, 6.45) is 5.38. The van der Waals surface area contributed by atoms with Crippen LogP contribution < -0.4 is 10.6 Å². The molecular formula is C17H26N2O. The Hall–Kier alpha value is -1.51. The molecule has 1 aliphatic rings. The van der Waals surface area contributed by atoms with Crippen molar-refractivity contribution in [3.63, 3.8) is 0 Å². The average molecular weight is 274 g/mol. The number of nitrogens with one attached hydrogen (secondary N) is 2. The number of aryl methyl sites for hydroxylation is 1. The molecule has 0 saturated heterocycles. The molecule has 1 saturated carbocycles. The first kappa shape index (κ1) is 14.9. The highest BCUT2D eigenvalue weighted by Gasteiger charge is 2.20. The number of hydrogen-bond donors (Lipinski definition) is 2. The maximum atomic E-state index is 11.9. The second kappa shape index (κ2) is 6.78. The zero-order valence-electron chi connectivity index (χ0n) is 12.8. The number of carbonyl (C=O) groups excluding carboxylic acids is 1. The summed E-state index contributed by atoms with van der Waals surface area (Å²) in [6, 6.07) is 6.34. The molecule has 0 spiro atoms. The summed E-state index contributed by atoms with van der Waals surface area (Å²) in [5, 5.41) is 6.41. The number of rotatable bonds is 6. The molecular weight excluding hydrogens is 248 g/mol. The monoisotopic (exact) mass is 274 g/mol. The molecule has 3 heteroatoms. The van der Waals surface area contributed by atoms with E-state index >= 15 is 0 Å². The number of benzene rings is 1. The summed E-state index contributed by atoms with van der Waals surface area (Å²) in [5.41, 5.74) is 3.01. The van der Waals surface area contributed by atoms with Crippen LogP contribution in [-0.4, -0.2) is 18.5 Å². The molecule has 2 N–H and O–H groups in total. The lowest BCUT2D eigenvalue weighted by molar-refractivity contribution is 0.0956. The van der Waals surface area contributed by atoms with Gasteiger partial charge in [-0.1, -0.05) is 25.3 Å². The number of amides is 1. The van der Waals surface area contributed by atoms with Crippen molar-refractivity contribution in [2.24, 2.45) is 5.92 Å². The van der Waals surface area contributed by atoms with Crippen LogP contribution in [0.4, 0.5) is 5.69 Å². The largest absolute Gasteiger partial charge is 0.382 e. The summed E-state index contributed by atoms with van der Waals surface area (Å²) >= 11 is 0. The van der Waals surface area contributed by atoms with E-state index in [2.05, 4.69) is 24.5 Å². The fourth-order valence-corrected chi connectivity index (χ4v) is 2.73. The van der Waals surface area contributed by atoms with Gasteiger partial charge in [0, 0.05) is 23.8 Å². The van der Waals surface area contributed by atoms with E-state index in [0.717, 1.165) is 17.2 Å².